The number of rotatable bonds is 7. The van der Waals surface area contributed by atoms with Crippen LogP contribution in [0.25, 0.3) is 0 Å². The number of carbonyl (C=O) groups is 2. The molecule has 2 N–H and O–H groups in total. The quantitative estimate of drug-likeness (QED) is 0.660. The lowest BCUT2D eigenvalue weighted by molar-refractivity contribution is -0.139. The van der Waals surface area contributed by atoms with Gasteiger partial charge in [-0.1, -0.05) is 20.3 Å². The Morgan fingerprint density at radius 3 is 2.54 bits per heavy atom. The smallest absolute Gasteiger partial charge is 0.224 e. The van der Waals surface area contributed by atoms with Gasteiger partial charge in [-0.2, -0.15) is 0 Å². The average Bonchev–Trinajstić information content (AvgIpc) is 2.62. The summed E-state index contributed by atoms with van der Waals surface area (Å²) < 4.78 is 0. The Labute approximate surface area is 165 Å². The summed E-state index contributed by atoms with van der Waals surface area (Å²) >= 11 is 0. The van der Waals surface area contributed by atoms with Crippen LogP contribution in [0.4, 0.5) is 0 Å². The van der Waals surface area contributed by atoms with Crippen molar-refractivity contribution in [1.82, 2.24) is 15.5 Å². The van der Waals surface area contributed by atoms with Crippen LogP contribution in [0.15, 0.2) is 0 Å². The second-order valence-electron chi connectivity index (χ2n) is 8.08. The number of unbranched alkanes of at least 4 members (excludes halogenated alkanes) is 1. The third-order valence-corrected chi connectivity index (χ3v) is 6.09. The number of likely N-dealkylation sites (tertiary alicyclic amines) is 1. The van der Waals surface area contributed by atoms with Gasteiger partial charge in [0.25, 0.3) is 0 Å². The molecule has 2 saturated heterocycles. The maximum Gasteiger partial charge on any atom is 0.224 e. The topological polar surface area (TPSA) is 61.4 Å². The van der Waals surface area contributed by atoms with E-state index in [0.717, 1.165) is 45.3 Å². The zero-order chi connectivity index (χ0) is 18.2. The van der Waals surface area contributed by atoms with Crippen molar-refractivity contribution in [2.75, 3.05) is 26.2 Å². The lowest BCUT2D eigenvalue weighted by Gasteiger charge is -2.38. The molecule has 0 aromatic heterocycles. The summed E-state index contributed by atoms with van der Waals surface area (Å²) in [5, 5.41) is 6.43. The Balaban J connectivity index is 0.00000338. The number of hydrogen-bond donors (Lipinski definition) is 2. The third-order valence-electron chi connectivity index (χ3n) is 6.09. The van der Waals surface area contributed by atoms with E-state index >= 15 is 0 Å². The van der Waals surface area contributed by atoms with Gasteiger partial charge in [0.05, 0.1) is 5.92 Å². The second kappa shape index (κ2) is 11.8. The Hall–Kier alpha value is -0.810. The first kappa shape index (κ1) is 23.2. The molecule has 2 aliphatic heterocycles. The largest absolute Gasteiger partial charge is 0.356 e. The van der Waals surface area contributed by atoms with Crippen LogP contribution in [-0.2, 0) is 9.59 Å². The summed E-state index contributed by atoms with van der Waals surface area (Å²) in [5.41, 5.74) is 0. The summed E-state index contributed by atoms with van der Waals surface area (Å²) in [6, 6.07) is 0.257. The van der Waals surface area contributed by atoms with Crippen LogP contribution in [0.1, 0.15) is 65.7 Å². The highest BCUT2D eigenvalue weighted by Crippen LogP contribution is 2.28. The molecule has 6 heteroatoms. The van der Waals surface area contributed by atoms with Crippen molar-refractivity contribution in [1.29, 1.82) is 0 Å². The first-order valence-electron chi connectivity index (χ1n) is 10.3. The van der Waals surface area contributed by atoms with Crippen LogP contribution in [0.3, 0.4) is 0 Å². The number of amides is 2. The van der Waals surface area contributed by atoms with Crippen LogP contribution < -0.4 is 10.6 Å². The highest BCUT2D eigenvalue weighted by Gasteiger charge is 2.33. The van der Waals surface area contributed by atoms with E-state index in [-0.39, 0.29) is 36.2 Å². The molecule has 2 fully saturated rings. The number of hydrogen-bond acceptors (Lipinski definition) is 3. The standard InChI is InChI=1S/C20H37N3O2.ClH/c1-4-5-10-22-20(25)18-7-6-16(3)23(14-18)19(24)13-15(2)17-8-11-21-12-9-17;/h15-18,21H,4-14H2,1-3H3,(H,22,25);1H. The maximum absolute atomic E-state index is 12.9. The molecule has 0 saturated carbocycles. The molecule has 2 aliphatic rings. The minimum Gasteiger partial charge on any atom is -0.356 e. The summed E-state index contributed by atoms with van der Waals surface area (Å²) in [7, 11) is 0. The van der Waals surface area contributed by atoms with Crippen LogP contribution in [0.2, 0.25) is 0 Å². The molecule has 0 spiro atoms. The number of halogens is 1. The molecule has 2 heterocycles. The van der Waals surface area contributed by atoms with E-state index in [1.807, 2.05) is 4.90 Å². The van der Waals surface area contributed by atoms with Gasteiger partial charge >= 0.3 is 0 Å². The molecule has 2 amide bonds. The molecule has 0 bridgehead atoms. The first-order chi connectivity index (χ1) is 12.0. The van der Waals surface area contributed by atoms with Crippen LogP contribution in [0, 0.1) is 17.8 Å². The van der Waals surface area contributed by atoms with E-state index in [2.05, 4.69) is 31.4 Å². The van der Waals surface area contributed by atoms with Gasteiger partial charge in [-0.05, 0) is 64.0 Å². The summed E-state index contributed by atoms with van der Waals surface area (Å²) in [6.07, 6.45) is 6.90. The van der Waals surface area contributed by atoms with Gasteiger partial charge in [-0.3, -0.25) is 9.59 Å². The van der Waals surface area contributed by atoms with Crippen molar-refractivity contribution in [2.24, 2.45) is 17.8 Å². The van der Waals surface area contributed by atoms with Crippen LogP contribution >= 0.6 is 12.4 Å². The van der Waals surface area contributed by atoms with Gasteiger partial charge in [-0.25, -0.2) is 0 Å². The van der Waals surface area contributed by atoms with Crippen molar-refractivity contribution in [2.45, 2.75) is 71.8 Å². The Kier molecular flexibility index (Phi) is 10.6. The van der Waals surface area contributed by atoms with Crippen LogP contribution in [-0.4, -0.2) is 48.9 Å². The zero-order valence-corrected chi connectivity index (χ0v) is 17.6. The molecule has 152 valence electrons. The fourth-order valence-electron chi connectivity index (χ4n) is 4.17. The molecule has 2 rings (SSSR count). The SMILES string of the molecule is CCCCNC(=O)C1CCC(C)N(C(=O)CC(C)C2CCNCC2)C1.Cl. The van der Waals surface area contributed by atoms with E-state index in [1.54, 1.807) is 0 Å². The van der Waals surface area contributed by atoms with E-state index in [0.29, 0.717) is 24.8 Å². The van der Waals surface area contributed by atoms with Crippen molar-refractivity contribution >= 4 is 24.2 Å². The normalized spacial score (nSPS) is 25.3. The molecule has 3 unspecified atom stereocenters. The van der Waals surface area contributed by atoms with Gasteiger partial charge in [0.15, 0.2) is 0 Å². The predicted molar refractivity (Wildman–Crippen MR) is 108 cm³/mol. The molecule has 3 atom stereocenters. The van der Waals surface area contributed by atoms with Crippen molar-refractivity contribution in [3.8, 4) is 0 Å². The lowest BCUT2D eigenvalue weighted by Crippen LogP contribution is -2.50. The van der Waals surface area contributed by atoms with Crippen molar-refractivity contribution < 1.29 is 9.59 Å². The van der Waals surface area contributed by atoms with Gasteiger partial charge in [0, 0.05) is 25.6 Å². The molecule has 0 radical (unpaired) electrons. The van der Waals surface area contributed by atoms with E-state index in [4.69, 9.17) is 0 Å². The van der Waals surface area contributed by atoms with E-state index in [9.17, 15) is 9.59 Å². The molecule has 26 heavy (non-hydrogen) atoms. The number of carbonyl (C=O) groups excluding carboxylic acids is 2. The maximum atomic E-state index is 12.9. The highest BCUT2D eigenvalue weighted by molar-refractivity contribution is 5.85. The Bertz CT molecular complexity index is 441. The van der Waals surface area contributed by atoms with Crippen LogP contribution in [0.5, 0.6) is 0 Å². The molecule has 0 aromatic rings. The number of nitrogens with one attached hydrogen (secondary N) is 2. The predicted octanol–water partition coefficient (Wildman–Crippen LogP) is 2.98. The Morgan fingerprint density at radius 2 is 1.88 bits per heavy atom. The fraction of sp³-hybridized carbons (Fsp3) is 0.900. The molecular weight excluding hydrogens is 350 g/mol. The van der Waals surface area contributed by atoms with Gasteiger partial charge in [0.1, 0.15) is 0 Å². The monoisotopic (exact) mass is 387 g/mol. The molecule has 0 aromatic carbocycles. The van der Waals surface area contributed by atoms with Crippen molar-refractivity contribution in [3.63, 3.8) is 0 Å². The minimum absolute atomic E-state index is 0. The van der Waals surface area contributed by atoms with E-state index < -0.39 is 0 Å². The summed E-state index contributed by atoms with van der Waals surface area (Å²) in [4.78, 5) is 27.2. The minimum atomic E-state index is -0.0359. The fourth-order valence-corrected chi connectivity index (χ4v) is 4.17. The van der Waals surface area contributed by atoms with Crippen molar-refractivity contribution in [3.05, 3.63) is 0 Å². The van der Waals surface area contributed by atoms with Gasteiger partial charge in [-0.15, -0.1) is 12.4 Å². The first-order valence-corrected chi connectivity index (χ1v) is 10.3. The number of nitrogens with zero attached hydrogens (tertiary/aromatic N) is 1. The zero-order valence-electron chi connectivity index (χ0n) is 16.8. The Morgan fingerprint density at radius 1 is 1.19 bits per heavy atom. The molecule has 0 aliphatic carbocycles. The third kappa shape index (κ3) is 6.73. The second-order valence-corrected chi connectivity index (χ2v) is 8.08. The average molecular weight is 388 g/mol. The number of piperidine rings is 2. The lowest BCUT2D eigenvalue weighted by atomic mass is 9.83. The highest BCUT2D eigenvalue weighted by atomic mass is 35.5. The summed E-state index contributed by atoms with van der Waals surface area (Å²) in [6.45, 7) is 9.96. The summed E-state index contributed by atoms with van der Waals surface area (Å²) in [5.74, 6) is 1.42. The molecule has 5 nitrogen and oxygen atoms in total. The van der Waals surface area contributed by atoms with Gasteiger partial charge in [0.2, 0.25) is 11.8 Å². The van der Waals surface area contributed by atoms with Gasteiger partial charge < -0.3 is 15.5 Å². The molecular formula is C20H38ClN3O2. The van der Waals surface area contributed by atoms with E-state index in [1.165, 1.54) is 12.8 Å².